The predicted octanol–water partition coefficient (Wildman–Crippen LogP) is 4.13. The average molecular weight is 551 g/mol. The minimum Gasteiger partial charge on any atom is -0.495 e. The zero-order valence-corrected chi connectivity index (χ0v) is 22.6. The maximum Gasteiger partial charge on any atom is 0.264 e. The first kappa shape index (κ1) is 27.5. The molecule has 192 valence electrons. The third-order valence-corrected chi connectivity index (χ3v) is 8.63. The van der Waals surface area contributed by atoms with Gasteiger partial charge in [-0.15, -0.1) is 0 Å². The van der Waals surface area contributed by atoms with Crippen molar-refractivity contribution in [2.75, 3.05) is 24.2 Å². The van der Waals surface area contributed by atoms with Gasteiger partial charge < -0.3 is 10.1 Å². The molecule has 3 aromatic carbocycles. The van der Waals surface area contributed by atoms with Crippen molar-refractivity contribution in [3.8, 4) is 5.75 Å². The van der Waals surface area contributed by atoms with Crippen LogP contribution < -0.4 is 14.4 Å². The van der Waals surface area contributed by atoms with Gasteiger partial charge in [0, 0.05) is 11.3 Å². The summed E-state index contributed by atoms with van der Waals surface area (Å²) < 4.78 is 57.0. The van der Waals surface area contributed by atoms with E-state index >= 15 is 0 Å². The Hall–Kier alpha value is -3.08. The lowest BCUT2D eigenvalue weighted by Crippen LogP contribution is -2.41. The van der Waals surface area contributed by atoms with E-state index in [-0.39, 0.29) is 26.3 Å². The first-order chi connectivity index (χ1) is 16.8. The zero-order chi connectivity index (χ0) is 26.7. The first-order valence-electron chi connectivity index (χ1n) is 10.9. The Bertz CT molecular complexity index is 1460. The second kappa shape index (κ2) is 10.9. The van der Waals surface area contributed by atoms with E-state index in [0.29, 0.717) is 5.56 Å². The second-order valence-corrected chi connectivity index (χ2v) is 12.6. The number of nitrogens with one attached hydrogen (secondary N) is 1. The minimum atomic E-state index is -4.17. The molecule has 0 bridgehead atoms. The molecule has 11 heteroatoms. The van der Waals surface area contributed by atoms with Gasteiger partial charge in [0.1, 0.15) is 12.3 Å². The molecule has 0 aliphatic heterocycles. The standard InChI is InChI=1S/C25H27ClN2O6S2/c1-17-5-10-22(11-6-17)36(32,33)28(23-15-20(26)9-14-24(23)34-3)16-25(29)27-18(2)19-7-12-21(13-8-19)35(4,30)31/h5-15,18H,16H2,1-4H3,(H,27,29)/t18-/m0/s1. The number of amides is 1. The largest absolute Gasteiger partial charge is 0.495 e. The van der Waals surface area contributed by atoms with Crippen LogP contribution in [0.3, 0.4) is 0 Å². The van der Waals surface area contributed by atoms with Gasteiger partial charge in [0.15, 0.2) is 9.84 Å². The van der Waals surface area contributed by atoms with E-state index in [1.807, 2.05) is 6.92 Å². The number of nitrogens with zero attached hydrogens (tertiary/aromatic N) is 1. The number of benzene rings is 3. The molecule has 36 heavy (non-hydrogen) atoms. The lowest BCUT2D eigenvalue weighted by atomic mass is 10.1. The topological polar surface area (TPSA) is 110 Å². The number of hydrogen-bond donors (Lipinski definition) is 1. The fraction of sp³-hybridized carbons (Fsp3) is 0.240. The van der Waals surface area contributed by atoms with Gasteiger partial charge in [-0.05, 0) is 61.9 Å². The summed E-state index contributed by atoms with van der Waals surface area (Å²) in [5, 5.41) is 3.04. The number of carbonyl (C=O) groups excluding carboxylic acids is 1. The fourth-order valence-electron chi connectivity index (χ4n) is 3.50. The van der Waals surface area contributed by atoms with Crippen LogP contribution in [0.25, 0.3) is 0 Å². The number of ether oxygens (including phenoxy) is 1. The van der Waals surface area contributed by atoms with Crippen LogP contribution in [0.1, 0.15) is 24.1 Å². The average Bonchev–Trinajstić information content (AvgIpc) is 2.82. The summed E-state index contributed by atoms with van der Waals surface area (Å²) in [6, 6.07) is 16.4. The number of rotatable bonds is 9. The Labute approximate surface area is 216 Å². The van der Waals surface area contributed by atoms with Gasteiger partial charge in [-0.3, -0.25) is 9.10 Å². The third-order valence-electron chi connectivity index (χ3n) is 5.49. The van der Waals surface area contributed by atoms with Gasteiger partial charge in [0.2, 0.25) is 5.91 Å². The zero-order valence-electron chi connectivity index (χ0n) is 20.2. The summed E-state index contributed by atoms with van der Waals surface area (Å²) in [5.41, 5.74) is 1.66. The molecule has 0 saturated heterocycles. The van der Waals surface area contributed by atoms with Crippen LogP contribution in [0.2, 0.25) is 5.02 Å². The number of sulfonamides is 1. The van der Waals surface area contributed by atoms with Gasteiger partial charge in [-0.1, -0.05) is 41.4 Å². The molecule has 1 atom stereocenters. The molecule has 0 saturated carbocycles. The molecule has 0 heterocycles. The highest BCUT2D eigenvalue weighted by molar-refractivity contribution is 7.93. The number of aryl methyl sites for hydroxylation is 1. The molecule has 0 fully saturated rings. The van der Waals surface area contributed by atoms with E-state index < -0.39 is 38.4 Å². The molecule has 1 amide bonds. The highest BCUT2D eigenvalue weighted by atomic mass is 35.5. The number of anilines is 1. The molecule has 3 aromatic rings. The number of sulfone groups is 1. The molecular formula is C25H27ClN2O6S2. The van der Waals surface area contributed by atoms with Crippen LogP contribution >= 0.6 is 11.6 Å². The van der Waals surface area contributed by atoms with E-state index in [4.69, 9.17) is 16.3 Å². The molecule has 0 spiro atoms. The van der Waals surface area contributed by atoms with Gasteiger partial charge in [0.25, 0.3) is 10.0 Å². The van der Waals surface area contributed by atoms with Crippen LogP contribution in [0.4, 0.5) is 5.69 Å². The predicted molar refractivity (Wildman–Crippen MR) is 140 cm³/mol. The summed E-state index contributed by atoms with van der Waals surface area (Å²) >= 11 is 6.16. The van der Waals surface area contributed by atoms with Crippen molar-refractivity contribution >= 4 is 43.1 Å². The molecule has 1 N–H and O–H groups in total. The molecule has 0 aliphatic carbocycles. The summed E-state index contributed by atoms with van der Waals surface area (Å²) in [6.45, 7) is 3.01. The SMILES string of the molecule is COc1ccc(Cl)cc1N(CC(=O)N[C@@H](C)c1ccc(S(C)(=O)=O)cc1)S(=O)(=O)c1ccc(C)cc1. The van der Waals surface area contributed by atoms with E-state index in [9.17, 15) is 21.6 Å². The lowest BCUT2D eigenvalue weighted by molar-refractivity contribution is -0.120. The number of hydrogen-bond acceptors (Lipinski definition) is 6. The summed E-state index contributed by atoms with van der Waals surface area (Å²) in [7, 11) is -6.13. The van der Waals surface area contributed by atoms with Crippen LogP contribution in [0.15, 0.2) is 76.5 Å². The summed E-state index contributed by atoms with van der Waals surface area (Å²) in [6.07, 6.45) is 1.11. The molecule has 0 aromatic heterocycles. The second-order valence-electron chi connectivity index (χ2n) is 8.27. The van der Waals surface area contributed by atoms with Crippen molar-refractivity contribution in [1.29, 1.82) is 0 Å². The Morgan fingerprint density at radius 1 is 0.972 bits per heavy atom. The lowest BCUT2D eigenvalue weighted by Gasteiger charge is -2.26. The van der Waals surface area contributed by atoms with Gasteiger partial charge in [0.05, 0.1) is 28.6 Å². The van der Waals surface area contributed by atoms with Crippen LogP contribution in [0, 0.1) is 6.92 Å². The first-order valence-corrected chi connectivity index (χ1v) is 14.6. The quantitative estimate of drug-likeness (QED) is 0.429. The van der Waals surface area contributed by atoms with Crippen molar-refractivity contribution in [3.05, 3.63) is 82.9 Å². The van der Waals surface area contributed by atoms with Crippen LogP contribution in [-0.2, 0) is 24.7 Å². The van der Waals surface area contributed by atoms with E-state index in [2.05, 4.69) is 5.32 Å². The minimum absolute atomic E-state index is 0.00680. The maximum atomic E-state index is 13.6. The van der Waals surface area contributed by atoms with Crippen molar-refractivity contribution in [1.82, 2.24) is 5.32 Å². The Morgan fingerprint density at radius 2 is 1.56 bits per heavy atom. The smallest absolute Gasteiger partial charge is 0.264 e. The van der Waals surface area contributed by atoms with Crippen LogP contribution in [0.5, 0.6) is 5.75 Å². The molecule has 8 nitrogen and oxygen atoms in total. The monoisotopic (exact) mass is 550 g/mol. The number of carbonyl (C=O) groups is 1. The van der Waals surface area contributed by atoms with E-state index in [1.165, 1.54) is 43.5 Å². The third kappa shape index (κ3) is 6.37. The summed E-state index contributed by atoms with van der Waals surface area (Å²) in [4.78, 5) is 13.2. The summed E-state index contributed by atoms with van der Waals surface area (Å²) in [5.74, 6) is -0.347. The van der Waals surface area contributed by atoms with Crippen molar-refractivity contribution in [2.24, 2.45) is 0 Å². The molecule has 0 radical (unpaired) electrons. The highest BCUT2D eigenvalue weighted by Crippen LogP contribution is 2.35. The van der Waals surface area contributed by atoms with Crippen molar-refractivity contribution in [2.45, 2.75) is 29.7 Å². The normalized spacial score (nSPS) is 12.6. The number of halogens is 1. The molecular weight excluding hydrogens is 524 g/mol. The van der Waals surface area contributed by atoms with E-state index in [1.54, 1.807) is 37.3 Å². The van der Waals surface area contributed by atoms with Crippen molar-refractivity contribution in [3.63, 3.8) is 0 Å². The molecule has 0 unspecified atom stereocenters. The molecule has 3 rings (SSSR count). The Morgan fingerprint density at radius 3 is 2.11 bits per heavy atom. The Kier molecular flexibility index (Phi) is 8.33. The Balaban J connectivity index is 1.93. The van der Waals surface area contributed by atoms with Gasteiger partial charge in [-0.2, -0.15) is 0 Å². The number of methoxy groups -OCH3 is 1. The van der Waals surface area contributed by atoms with E-state index in [0.717, 1.165) is 16.1 Å². The van der Waals surface area contributed by atoms with Gasteiger partial charge in [-0.25, -0.2) is 16.8 Å². The highest BCUT2D eigenvalue weighted by Gasteiger charge is 2.30. The van der Waals surface area contributed by atoms with Gasteiger partial charge >= 0.3 is 0 Å². The van der Waals surface area contributed by atoms with Crippen molar-refractivity contribution < 1.29 is 26.4 Å². The maximum absolute atomic E-state index is 13.6. The van der Waals surface area contributed by atoms with Crippen LogP contribution in [-0.4, -0.2) is 42.7 Å². The fourth-order valence-corrected chi connectivity index (χ4v) is 5.72. The molecule has 0 aliphatic rings.